The first kappa shape index (κ1) is 33.0. The number of carbonyl (C=O) groups is 1. The van der Waals surface area contributed by atoms with E-state index in [-0.39, 0.29) is 23.3 Å². The summed E-state index contributed by atoms with van der Waals surface area (Å²) < 4.78 is 22.1. The Hall–Kier alpha value is -3.94. The first-order chi connectivity index (χ1) is 22.9. The first-order valence-corrected chi connectivity index (χ1v) is 17.5. The van der Waals surface area contributed by atoms with Crippen LogP contribution < -0.4 is 5.69 Å². The molecule has 12 heteroatoms. The maximum atomic E-state index is 15.8. The Morgan fingerprint density at radius 3 is 2.60 bits per heavy atom. The molecule has 0 saturated heterocycles. The van der Waals surface area contributed by atoms with Crippen LogP contribution in [0.4, 0.5) is 4.39 Å². The summed E-state index contributed by atoms with van der Waals surface area (Å²) in [6.07, 6.45) is 21.2. The van der Waals surface area contributed by atoms with Crippen LogP contribution in [-0.4, -0.2) is 51.2 Å². The third-order valence-corrected chi connectivity index (χ3v) is 10.3. The number of nitrogens with zero attached hydrogens (tertiary/aromatic N) is 7. The van der Waals surface area contributed by atoms with Crippen molar-refractivity contribution in [3.05, 3.63) is 102 Å². The van der Waals surface area contributed by atoms with Crippen molar-refractivity contribution in [2.75, 3.05) is 6.54 Å². The average Bonchev–Trinajstić information content (AvgIpc) is 3.78. The quantitative estimate of drug-likeness (QED) is 0.114. The highest BCUT2D eigenvalue weighted by Crippen LogP contribution is 2.36. The van der Waals surface area contributed by atoms with Crippen molar-refractivity contribution in [3.8, 4) is 11.4 Å². The number of hydrogen-bond donors (Lipinski definition) is 0. The van der Waals surface area contributed by atoms with Gasteiger partial charge in [-0.1, -0.05) is 82.1 Å². The fourth-order valence-corrected chi connectivity index (χ4v) is 7.79. The number of aromatic nitrogens is 6. The number of halogens is 2. The minimum atomic E-state index is -0.526. The van der Waals surface area contributed by atoms with Crippen molar-refractivity contribution in [2.45, 2.75) is 63.9 Å². The van der Waals surface area contributed by atoms with Crippen LogP contribution >= 0.6 is 22.4 Å². The number of amides is 1. The van der Waals surface area contributed by atoms with E-state index in [9.17, 15) is 9.59 Å². The molecule has 243 valence electrons. The Morgan fingerprint density at radius 2 is 1.83 bits per heavy atom. The number of carbonyl (C=O) groups excluding carboxylic acids is 1. The number of hydrogen-bond acceptors (Lipinski definition) is 4. The van der Waals surface area contributed by atoms with Gasteiger partial charge in [-0.15, -0.1) is 0 Å². The molecule has 1 radical (unpaired) electrons. The Bertz CT molecular complexity index is 1930. The van der Waals surface area contributed by atoms with Crippen molar-refractivity contribution >= 4 is 49.9 Å². The number of fused-ring (bicyclic) bond motifs is 2. The molecule has 4 aromatic rings. The van der Waals surface area contributed by atoms with E-state index in [2.05, 4.69) is 45.8 Å². The van der Waals surface area contributed by atoms with E-state index in [1.165, 1.54) is 28.2 Å². The average molecular weight is 746 g/mol. The molecule has 2 aliphatic rings. The van der Waals surface area contributed by atoms with Gasteiger partial charge in [0.25, 0.3) is 0 Å². The van der Waals surface area contributed by atoms with Crippen LogP contribution in [0.2, 0.25) is 5.82 Å². The lowest BCUT2D eigenvalue weighted by Crippen LogP contribution is -2.43. The molecule has 4 heterocycles. The van der Waals surface area contributed by atoms with E-state index < -0.39 is 11.5 Å². The van der Waals surface area contributed by atoms with Gasteiger partial charge in [0.2, 0.25) is 11.0 Å². The second kappa shape index (κ2) is 14.4. The van der Waals surface area contributed by atoms with Crippen LogP contribution in [-0.2, 0) is 24.9 Å². The zero-order valence-corrected chi connectivity index (χ0v) is 28.9. The van der Waals surface area contributed by atoms with Crippen molar-refractivity contribution < 1.29 is 9.18 Å². The molecule has 2 unspecified atom stereocenters. The van der Waals surface area contributed by atoms with Gasteiger partial charge in [-0.05, 0) is 24.4 Å². The molecular weight excluding hydrogens is 707 g/mol. The zero-order chi connectivity index (χ0) is 33.1. The number of imidazole rings is 1. The maximum Gasteiger partial charge on any atom is 0.337 e. The van der Waals surface area contributed by atoms with Gasteiger partial charge in [0.1, 0.15) is 11.4 Å². The number of benzene rings is 1. The number of allylic oxidation sites excluding steroid dienone is 6. The highest BCUT2D eigenvalue weighted by molar-refractivity contribution is 14.1. The lowest BCUT2D eigenvalue weighted by Gasteiger charge is -2.34. The van der Waals surface area contributed by atoms with Crippen LogP contribution in [0.25, 0.3) is 27.9 Å². The normalized spacial score (nSPS) is 19.3. The fraction of sp³-hybridized carbons (Fsp3) is 0.371. The summed E-state index contributed by atoms with van der Waals surface area (Å²) in [5, 5.41) is 11.7. The standard InChI is InChI=1S/C35H39BFIN7O2/c1-4-6-13-24(12-5-2)32-33(44-20-19-43(35(44)47)29-17-16-28-26(31(29)37)22-39-41(28)3)30-23-42(18-21-45(30)40-32)34(46)25-14-10-8-7-9-11-15-27(25)36-38/h4-6,12-13,16-17,19-20,22,25,27H,1-2,7-11,14-15,18,21,23H2,3H3/b13-6-,24-12+. The van der Waals surface area contributed by atoms with E-state index in [4.69, 9.17) is 5.10 Å². The molecular formula is C35H39BFIN7O2. The zero-order valence-electron chi connectivity index (χ0n) is 26.7. The van der Waals surface area contributed by atoms with Crippen molar-refractivity contribution in [3.63, 3.8) is 0 Å². The molecule has 1 aliphatic heterocycles. The van der Waals surface area contributed by atoms with Crippen LogP contribution in [0.3, 0.4) is 0 Å². The molecule has 0 bridgehead atoms. The van der Waals surface area contributed by atoms with E-state index in [0.717, 1.165) is 43.4 Å². The van der Waals surface area contributed by atoms with E-state index in [1.807, 2.05) is 21.7 Å². The Balaban J connectivity index is 1.45. The Morgan fingerprint density at radius 1 is 1.06 bits per heavy atom. The lowest BCUT2D eigenvalue weighted by molar-refractivity contribution is -0.137. The molecule has 1 saturated carbocycles. The molecule has 1 aromatic carbocycles. The van der Waals surface area contributed by atoms with Crippen molar-refractivity contribution in [1.29, 1.82) is 0 Å². The predicted octanol–water partition coefficient (Wildman–Crippen LogP) is 6.71. The summed E-state index contributed by atoms with van der Waals surface area (Å²) in [5.74, 6) is -0.196. The summed E-state index contributed by atoms with van der Waals surface area (Å²) in [7, 11) is 1.75. The first-order valence-electron chi connectivity index (χ1n) is 16.2. The van der Waals surface area contributed by atoms with E-state index >= 15 is 4.39 Å². The third-order valence-electron chi connectivity index (χ3n) is 9.42. The molecule has 0 spiro atoms. The topological polar surface area (TPSA) is 82.9 Å². The van der Waals surface area contributed by atoms with E-state index in [0.29, 0.717) is 41.9 Å². The number of aryl methyl sites for hydroxylation is 1. The summed E-state index contributed by atoms with van der Waals surface area (Å²) in [6, 6.07) is 3.34. The second-order valence-electron chi connectivity index (χ2n) is 12.2. The molecule has 1 fully saturated rings. The molecule has 47 heavy (non-hydrogen) atoms. The highest BCUT2D eigenvalue weighted by Gasteiger charge is 2.35. The molecule has 9 nitrogen and oxygen atoms in total. The van der Waals surface area contributed by atoms with Gasteiger partial charge in [-0.2, -0.15) is 32.6 Å². The van der Waals surface area contributed by atoms with Crippen molar-refractivity contribution in [2.24, 2.45) is 13.0 Å². The van der Waals surface area contributed by atoms with E-state index in [1.54, 1.807) is 54.5 Å². The van der Waals surface area contributed by atoms with Crippen LogP contribution in [0.1, 0.15) is 56.3 Å². The molecule has 6 rings (SSSR count). The van der Waals surface area contributed by atoms with Gasteiger partial charge >= 0.3 is 5.69 Å². The van der Waals surface area contributed by atoms with Gasteiger partial charge in [-0.3, -0.25) is 23.3 Å². The summed E-state index contributed by atoms with van der Waals surface area (Å²) in [6.45, 7) is 9.04. The predicted molar refractivity (Wildman–Crippen MR) is 194 cm³/mol. The second-order valence-corrected chi connectivity index (χ2v) is 13.0. The smallest absolute Gasteiger partial charge is 0.335 e. The van der Waals surface area contributed by atoms with Gasteiger partial charge in [0, 0.05) is 37.5 Å². The van der Waals surface area contributed by atoms with Gasteiger partial charge in [0.15, 0.2) is 5.82 Å². The monoisotopic (exact) mass is 746 g/mol. The minimum absolute atomic E-state index is 0.0664. The molecule has 2 atom stereocenters. The molecule has 3 aromatic heterocycles. The van der Waals surface area contributed by atoms with Crippen molar-refractivity contribution in [1.82, 2.24) is 33.6 Å². The van der Waals surface area contributed by atoms with Crippen LogP contribution in [0.15, 0.2) is 79.1 Å². The lowest BCUT2D eigenvalue weighted by atomic mass is 9.71. The maximum absolute atomic E-state index is 15.8. The number of rotatable bonds is 8. The highest BCUT2D eigenvalue weighted by atomic mass is 127. The SMILES string of the molecule is C=C/C=C\C(=C/C=C)c1nn2c(c1-n1ccn(-c3ccc4c(cnn4C)c3F)c1=O)CN(C(=O)C1CCCCCCCC1[B]I)CC2. The van der Waals surface area contributed by atoms with Gasteiger partial charge in [0.05, 0.1) is 41.6 Å². The largest absolute Gasteiger partial charge is 0.337 e. The minimum Gasteiger partial charge on any atom is -0.335 e. The molecule has 1 aliphatic carbocycles. The summed E-state index contributed by atoms with van der Waals surface area (Å²) in [4.78, 5) is 30.4. The Labute approximate surface area is 288 Å². The van der Waals surface area contributed by atoms with Gasteiger partial charge in [-0.25, -0.2) is 9.18 Å². The summed E-state index contributed by atoms with van der Waals surface area (Å²) >= 11 is 2.32. The Kier molecular flexibility index (Phi) is 10.1. The van der Waals surface area contributed by atoms with Crippen LogP contribution in [0.5, 0.6) is 0 Å². The third kappa shape index (κ3) is 6.36. The molecule has 0 N–H and O–H groups in total. The van der Waals surface area contributed by atoms with Crippen LogP contribution in [0, 0.1) is 11.7 Å². The fourth-order valence-electron chi connectivity index (χ4n) is 6.93. The van der Waals surface area contributed by atoms with Gasteiger partial charge < -0.3 is 4.90 Å². The molecule has 1 amide bonds. The summed E-state index contributed by atoms with van der Waals surface area (Å²) in [5.41, 5.74) is 2.92.